The highest BCUT2D eigenvalue weighted by atomic mass is 16.6. The summed E-state index contributed by atoms with van der Waals surface area (Å²) in [6.07, 6.45) is -1.18. The Labute approximate surface area is 162 Å². The molecule has 0 heterocycles. The van der Waals surface area contributed by atoms with Crippen LogP contribution in [0.3, 0.4) is 0 Å². The first kappa shape index (κ1) is 17.8. The van der Waals surface area contributed by atoms with Crippen LogP contribution in [0.4, 0.5) is 0 Å². The number of benzene rings is 4. The number of rotatable bonds is 5. The zero-order valence-corrected chi connectivity index (χ0v) is 15.0. The maximum atomic E-state index is 12.6. The Balaban J connectivity index is 1.72. The molecule has 0 aliphatic heterocycles. The molecular weight excluding hydrogens is 352 g/mol. The van der Waals surface area contributed by atoms with Gasteiger partial charge < -0.3 is 14.6 Å². The number of carbonyl (C=O) groups excluding carboxylic acids is 1. The number of ether oxygens (including phenoxy) is 2. The summed E-state index contributed by atoms with van der Waals surface area (Å²) < 4.78 is 11.5. The van der Waals surface area contributed by atoms with Crippen molar-refractivity contribution >= 4 is 16.7 Å². The van der Waals surface area contributed by atoms with Crippen LogP contribution in [0.2, 0.25) is 0 Å². The molecule has 4 heteroatoms. The van der Waals surface area contributed by atoms with Crippen molar-refractivity contribution in [2.24, 2.45) is 0 Å². The summed E-state index contributed by atoms with van der Waals surface area (Å²) in [4.78, 5) is 12.6. The molecule has 4 rings (SSSR count). The number of carbonyl (C=O) groups is 1. The second kappa shape index (κ2) is 7.94. The Morgan fingerprint density at radius 3 is 2.14 bits per heavy atom. The van der Waals surface area contributed by atoms with Crippen molar-refractivity contribution in [3.63, 3.8) is 0 Å². The molecule has 1 N–H and O–H groups in total. The highest BCUT2D eigenvalue weighted by molar-refractivity contribution is 5.97. The van der Waals surface area contributed by atoms with Crippen LogP contribution in [-0.4, -0.2) is 11.1 Å². The van der Waals surface area contributed by atoms with Gasteiger partial charge in [0.1, 0.15) is 0 Å². The molecule has 138 valence electrons. The van der Waals surface area contributed by atoms with Gasteiger partial charge in [0.25, 0.3) is 0 Å². The van der Waals surface area contributed by atoms with Gasteiger partial charge in [0.15, 0.2) is 11.5 Å². The first-order chi connectivity index (χ1) is 13.7. The third-order valence-electron chi connectivity index (χ3n) is 4.37. The van der Waals surface area contributed by atoms with Gasteiger partial charge in [-0.2, -0.15) is 0 Å². The Kier molecular flexibility index (Phi) is 5.04. The van der Waals surface area contributed by atoms with Gasteiger partial charge in [-0.1, -0.05) is 78.9 Å². The highest BCUT2D eigenvalue weighted by Gasteiger charge is 2.18. The Morgan fingerprint density at radius 2 is 1.39 bits per heavy atom. The van der Waals surface area contributed by atoms with Crippen LogP contribution in [-0.2, 0) is 0 Å². The van der Waals surface area contributed by atoms with E-state index in [4.69, 9.17) is 9.47 Å². The third kappa shape index (κ3) is 3.72. The predicted molar refractivity (Wildman–Crippen MR) is 107 cm³/mol. The molecule has 1 unspecified atom stereocenters. The molecular formula is C24H18O4. The monoisotopic (exact) mass is 370 g/mol. The summed E-state index contributed by atoms with van der Waals surface area (Å²) in [5, 5.41) is 12.1. The fourth-order valence-corrected chi connectivity index (χ4v) is 2.95. The molecule has 0 bridgehead atoms. The fourth-order valence-electron chi connectivity index (χ4n) is 2.95. The standard InChI is InChI=1S/C24H18O4/c25-23(18-10-3-1-4-11-18)27-21-16-15-17-9-7-8-14-20(17)22(21)28-24(26)19-12-5-2-6-13-19/h1-16,23,25H. The van der Waals surface area contributed by atoms with E-state index < -0.39 is 12.3 Å². The average Bonchev–Trinajstić information content (AvgIpc) is 2.76. The minimum absolute atomic E-state index is 0.280. The van der Waals surface area contributed by atoms with Gasteiger partial charge in [-0.3, -0.25) is 0 Å². The second-order valence-electron chi connectivity index (χ2n) is 6.25. The molecule has 0 amide bonds. The van der Waals surface area contributed by atoms with Crippen LogP contribution in [0, 0.1) is 0 Å². The van der Waals surface area contributed by atoms with Gasteiger partial charge in [-0.05, 0) is 23.6 Å². The van der Waals surface area contributed by atoms with E-state index in [9.17, 15) is 9.90 Å². The van der Waals surface area contributed by atoms with Crippen molar-refractivity contribution in [3.05, 3.63) is 108 Å². The normalized spacial score (nSPS) is 11.8. The van der Waals surface area contributed by atoms with Crippen LogP contribution in [0.25, 0.3) is 10.8 Å². The van der Waals surface area contributed by atoms with E-state index in [1.807, 2.05) is 54.6 Å². The lowest BCUT2D eigenvalue weighted by Crippen LogP contribution is -2.12. The first-order valence-electron chi connectivity index (χ1n) is 8.91. The molecule has 4 aromatic carbocycles. The molecule has 0 radical (unpaired) electrons. The topological polar surface area (TPSA) is 55.8 Å². The zero-order chi connectivity index (χ0) is 19.3. The number of aliphatic hydroxyl groups excluding tert-OH is 1. The zero-order valence-electron chi connectivity index (χ0n) is 15.0. The van der Waals surface area contributed by atoms with Gasteiger partial charge in [-0.25, -0.2) is 4.79 Å². The highest BCUT2D eigenvalue weighted by Crippen LogP contribution is 2.38. The maximum absolute atomic E-state index is 12.6. The average molecular weight is 370 g/mol. The number of aliphatic hydroxyl groups is 1. The van der Waals surface area contributed by atoms with Crippen molar-refractivity contribution in [2.75, 3.05) is 0 Å². The van der Waals surface area contributed by atoms with Crippen LogP contribution in [0.15, 0.2) is 97.1 Å². The van der Waals surface area contributed by atoms with Crippen molar-refractivity contribution < 1.29 is 19.4 Å². The molecule has 0 saturated carbocycles. The third-order valence-corrected chi connectivity index (χ3v) is 4.37. The van der Waals surface area contributed by atoms with Crippen LogP contribution >= 0.6 is 0 Å². The molecule has 0 spiro atoms. The van der Waals surface area contributed by atoms with Crippen molar-refractivity contribution in [1.82, 2.24) is 0 Å². The lowest BCUT2D eigenvalue weighted by atomic mass is 10.1. The molecule has 1 atom stereocenters. The fraction of sp³-hybridized carbons (Fsp3) is 0.0417. The molecule has 0 aliphatic rings. The molecule has 28 heavy (non-hydrogen) atoms. The van der Waals surface area contributed by atoms with E-state index in [1.165, 1.54) is 0 Å². The second-order valence-corrected chi connectivity index (χ2v) is 6.25. The SMILES string of the molecule is O=C(Oc1c(OC(O)c2ccccc2)ccc2ccccc12)c1ccccc1. The summed E-state index contributed by atoms with van der Waals surface area (Å²) in [5.41, 5.74) is 1.04. The molecule has 0 fully saturated rings. The lowest BCUT2D eigenvalue weighted by molar-refractivity contribution is -0.0210. The summed E-state index contributed by atoms with van der Waals surface area (Å²) >= 11 is 0. The van der Waals surface area contributed by atoms with Crippen LogP contribution in [0.1, 0.15) is 22.2 Å². The van der Waals surface area contributed by atoms with E-state index in [1.54, 1.807) is 42.5 Å². The maximum Gasteiger partial charge on any atom is 0.343 e. The minimum atomic E-state index is -1.18. The molecule has 0 aliphatic carbocycles. The van der Waals surface area contributed by atoms with E-state index >= 15 is 0 Å². The van der Waals surface area contributed by atoms with Crippen molar-refractivity contribution in [2.45, 2.75) is 6.29 Å². The van der Waals surface area contributed by atoms with Gasteiger partial charge in [0, 0.05) is 10.9 Å². The Bertz CT molecular complexity index is 1090. The Morgan fingerprint density at radius 1 is 0.750 bits per heavy atom. The van der Waals surface area contributed by atoms with Gasteiger partial charge >= 0.3 is 5.97 Å². The number of esters is 1. The quantitative estimate of drug-likeness (QED) is 0.301. The smallest absolute Gasteiger partial charge is 0.343 e. The van der Waals surface area contributed by atoms with Crippen molar-refractivity contribution in [3.8, 4) is 11.5 Å². The Hall–Kier alpha value is -3.63. The van der Waals surface area contributed by atoms with E-state index in [0.29, 0.717) is 16.9 Å². The van der Waals surface area contributed by atoms with Gasteiger partial charge in [-0.15, -0.1) is 0 Å². The largest absolute Gasteiger partial charge is 0.457 e. The van der Waals surface area contributed by atoms with E-state index in [-0.39, 0.29) is 5.75 Å². The van der Waals surface area contributed by atoms with Crippen molar-refractivity contribution in [1.29, 1.82) is 0 Å². The summed E-state index contributed by atoms with van der Waals surface area (Å²) in [6.45, 7) is 0. The van der Waals surface area contributed by atoms with Gasteiger partial charge in [0.2, 0.25) is 6.29 Å². The lowest BCUT2D eigenvalue weighted by Gasteiger charge is -2.18. The van der Waals surface area contributed by atoms with E-state index in [0.717, 1.165) is 10.8 Å². The minimum Gasteiger partial charge on any atom is -0.457 e. The molecule has 4 aromatic rings. The number of hydrogen-bond acceptors (Lipinski definition) is 4. The predicted octanol–water partition coefficient (Wildman–Crippen LogP) is 5.13. The van der Waals surface area contributed by atoms with Gasteiger partial charge in [0.05, 0.1) is 5.56 Å². The van der Waals surface area contributed by atoms with Crippen LogP contribution in [0.5, 0.6) is 11.5 Å². The number of fused-ring (bicyclic) bond motifs is 1. The molecule has 0 saturated heterocycles. The summed E-state index contributed by atoms with van der Waals surface area (Å²) in [6, 6.07) is 28.9. The summed E-state index contributed by atoms with van der Waals surface area (Å²) in [7, 11) is 0. The molecule has 0 aromatic heterocycles. The van der Waals surface area contributed by atoms with Crippen LogP contribution < -0.4 is 9.47 Å². The first-order valence-corrected chi connectivity index (χ1v) is 8.91. The number of hydrogen-bond donors (Lipinski definition) is 1. The summed E-state index contributed by atoms with van der Waals surface area (Å²) in [5.74, 6) is 0.0808. The van der Waals surface area contributed by atoms with E-state index in [2.05, 4.69) is 0 Å². The molecule has 4 nitrogen and oxygen atoms in total.